The molecular weight excluding hydrogens is 346 g/mol. The van der Waals surface area contributed by atoms with Crippen molar-refractivity contribution in [2.75, 3.05) is 13.3 Å². The molecule has 2 rings (SSSR count). The Morgan fingerprint density at radius 2 is 2.23 bits per heavy atom. The molecule has 0 bridgehead atoms. The number of aliphatic hydroxyl groups excluding tert-OH is 1. The minimum Gasteiger partial charge on any atom is -0.448 e. The van der Waals surface area contributed by atoms with E-state index in [1.165, 1.54) is 17.1 Å². The Morgan fingerprint density at radius 3 is 2.85 bits per heavy atom. The number of amides is 1. The van der Waals surface area contributed by atoms with Gasteiger partial charge in [0.15, 0.2) is 6.29 Å². The number of nitro benzene ring substituents is 1. The van der Waals surface area contributed by atoms with Gasteiger partial charge in [0.1, 0.15) is 13.0 Å². The van der Waals surface area contributed by atoms with E-state index >= 15 is 0 Å². The fourth-order valence-corrected chi connectivity index (χ4v) is 2.44. The number of aldehydes is 1. The summed E-state index contributed by atoms with van der Waals surface area (Å²) in [6, 6.07) is 5.34. The highest BCUT2D eigenvalue weighted by atomic mass is 16.6. The molecule has 1 aliphatic heterocycles. The monoisotopic (exact) mass is 367 g/mol. The fraction of sp³-hybridized carbons (Fsp3) is 0.500. The lowest BCUT2D eigenvalue weighted by Gasteiger charge is -2.24. The summed E-state index contributed by atoms with van der Waals surface area (Å²) in [7, 11) is 0. The molecule has 142 valence electrons. The first-order valence-electron chi connectivity index (χ1n) is 8.07. The van der Waals surface area contributed by atoms with Crippen molar-refractivity contribution in [1.29, 1.82) is 0 Å². The lowest BCUT2D eigenvalue weighted by molar-refractivity contribution is -0.384. The lowest BCUT2D eigenvalue weighted by atomic mass is 10.1. The molecule has 1 aromatic carbocycles. The van der Waals surface area contributed by atoms with Crippen molar-refractivity contribution in [3.05, 3.63) is 39.9 Å². The number of hydrazine groups is 1. The van der Waals surface area contributed by atoms with E-state index in [0.29, 0.717) is 12.8 Å². The molecule has 0 spiro atoms. The number of nitrogens with zero attached hydrogens (tertiary/aromatic N) is 2. The van der Waals surface area contributed by atoms with E-state index in [1.54, 1.807) is 19.1 Å². The summed E-state index contributed by atoms with van der Waals surface area (Å²) in [5, 5.41) is 22.1. The van der Waals surface area contributed by atoms with Crippen molar-refractivity contribution in [1.82, 2.24) is 10.4 Å². The third kappa shape index (κ3) is 5.48. The summed E-state index contributed by atoms with van der Waals surface area (Å²) in [6.07, 6.45) is -0.479. The average Bonchev–Trinajstić information content (AvgIpc) is 2.94. The number of hydrogen-bond donors (Lipinski definition) is 2. The molecule has 1 fully saturated rings. The number of carbonyl (C=O) groups excluding carboxylic acids is 2. The standard InChI is InChI=1S/C16H21N3O7/c1-11(6-7-20)9-25-16(22)17-18-10-26-15(21)14(18)8-12-2-4-13(5-3-12)19(23)24/h2-5,7,11,14-15,21H,6,8-10H2,1H3,(H,17,22). The summed E-state index contributed by atoms with van der Waals surface area (Å²) in [5.41, 5.74) is 3.21. The number of ether oxygens (including phenoxy) is 2. The molecule has 0 aliphatic carbocycles. The van der Waals surface area contributed by atoms with E-state index in [1.807, 2.05) is 0 Å². The Bertz CT molecular complexity index is 637. The van der Waals surface area contributed by atoms with Gasteiger partial charge in [-0.25, -0.2) is 4.79 Å². The topological polar surface area (TPSA) is 131 Å². The molecule has 1 aliphatic rings. The Balaban J connectivity index is 1.91. The average molecular weight is 367 g/mol. The summed E-state index contributed by atoms with van der Waals surface area (Å²) >= 11 is 0. The van der Waals surface area contributed by atoms with E-state index in [2.05, 4.69) is 5.43 Å². The molecule has 1 aromatic rings. The van der Waals surface area contributed by atoms with Gasteiger partial charge in [-0.3, -0.25) is 15.5 Å². The van der Waals surface area contributed by atoms with Crippen LogP contribution in [-0.2, 0) is 20.7 Å². The van der Waals surface area contributed by atoms with Crippen LogP contribution in [0.25, 0.3) is 0 Å². The van der Waals surface area contributed by atoms with Crippen LogP contribution in [0.4, 0.5) is 10.5 Å². The van der Waals surface area contributed by atoms with Gasteiger partial charge in [-0.05, 0) is 17.9 Å². The van der Waals surface area contributed by atoms with Crippen LogP contribution in [0.15, 0.2) is 24.3 Å². The number of hydrogen-bond acceptors (Lipinski definition) is 8. The molecule has 10 heteroatoms. The Kier molecular flexibility index (Phi) is 7.01. The highest BCUT2D eigenvalue weighted by molar-refractivity contribution is 5.66. The number of aliphatic hydroxyl groups is 1. The molecule has 2 N–H and O–H groups in total. The largest absolute Gasteiger partial charge is 0.448 e. The van der Waals surface area contributed by atoms with Gasteiger partial charge < -0.3 is 19.4 Å². The zero-order valence-corrected chi connectivity index (χ0v) is 14.2. The maximum absolute atomic E-state index is 11.9. The molecule has 3 atom stereocenters. The highest BCUT2D eigenvalue weighted by Crippen LogP contribution is 2.20. The molecule has 0 aromatic heterocycles. The van der Waals surface area contributed by atoms with Crippen LogP contribution in [0.3, 0.4) is 0 Å². The molecule has 1 saturated heterocycles. The second kappa shape index (κ2) is 9.22. The van der Waals surface area contributed by atoms with Crippen molar-refractivity contribution < 1.29 is 29.1 Å². The number of carbonyl (C=O) groups is 2. The van der Waals surface area contributed by atoms with Crippen LogP contribution < -0.4 is 5.43 Å². The highest BCUT2D eigenvalue weighted by Gasteiger charge is 2.35. The van der Waals surface area contributed by atoms with Gasteiger partial charge in [-0.1, -0.05) is 19.1 Å². The minimum absolute atomic E-state index is 0.0278. The summed E-state index contributed by atoms with van der Waals surface area (Å²) in [4.78, 5) is 32.5. The molecule has 26 heavy (non-hydrogen) atoms. The third-order valence-electron chi connectivity index (χ3n) is 3.94. The molecule has 1 amide bonds. The van der Waals surface area contributed by atoms with E-state index in [9.17, 15) is 24.8 Å². The number of rotatable bonds is 8. The van der Waals surface area contributed by atoms with Crippen LogP contribution in [-0.4, -0.2) is 53.1 Å². The number of non-ortho nitro benzene ring substituents is 1. The van der Waals surface area contributed by atoms with Gasteiger partial charge in [0.25, 0.3) is 5.69 Å². The molecule has 0 saturated carbocycles. The normalized spacial score (nSPS) is 21.2. The lowest BCUT2D eigenvalue weighted by Crippen LogP contribution is -2.48. The zero-order chi connectivity index (χ0) is 19.1. The Hall–Kier alpha value is -2.56. The van der Waals surface area contributed by atoms with E-state index in [0.717, 1.165) is 11.8 Å². The van der Waals surface area contributed by atoms with Crippen LogP contribution >= 0.6 is 0 Å². The summed E-state index contributed by atoms with van der Waals surface area (Å²) < 4.78 is 10.2. The molecule has 3 unspecified atom stereocenters. The predicted octanol–water partition coefficient (Wildman–Crippen LogP) is 0.980. The van der Waals surface area contributed by atoms with Gasteiger partial charge >= 0.3 is 6.09 Å². The van der Waals surface area contributed by atoms with E-state index in [4.69, 9.17) is 9.47 Å². The van der Waals surface area contributed by atoms with Crippen LogP contribution in [0.1, 0.15) is 18.9 Å². The summed E-state index contributed by atoms with van der Waals surface area (Å²) in [5.74, 6) is -0.0884. The van der Waals surface area contributed by atoms with Gasteiger partial charge in [-0.2, -0.15) is 5.01 Å². The summed E-state index contributed by atoms with van der Waals surface area (Å²) in [6.45, 7) is 1.84. The van der Waals surface area contributed by atoms with Gasteiger partial charge in [0.05, 0.1) is 17.6 Å². The van der Waals surface area contributed by atoms with E-state index in [-0.39, 0.29) is 24.9 Å². The van der Waals surface area contributed by atoms with Crippen LogP contribution in [0.5, 0.6) is 0 Å². The zero-order valence-electron chi connectivity index (χ0n) is 14.2. The number of benzene rings is 1. The van der Waals surface area contributed by atoms with Gasteiger partial charge in [0, 0.05) is 18.6 Å². The number of nitro groups is 1. The molecular formula is C16H21N3O7. The predicted molar refractivity (Wildman–Crippen MR) is 88.7 cm³/mol. The van der Waals surface area contributed by atoms with Crippen molar-refractivity contribution in [2.24, 2.45) is 5.92 Å². The Morgan fingerprint density at radius 1 is 1.54 bits per heavy atom. The van der Waals surface area contributed by atoms with Crippen molar-refractivity contribution in [3.63, 3.8) is 0 Å². The number of nitrogens with one attached hydrogen (secondary N) is 1. The maximum atomic E-state index is 11.9. The van der Waals surface area contributed by atoms with Crippen molar-refractivity contribution >= 4 is 18.1 Å². The molecule has 10 nitrogen and oxygen atoms in total. The SMILES string of the molecule is CC(CC=O)COC(=O)NN1COC(O)C1Cc1ccc([N+](=O)[O-])cc1. The van der Waals surface area contributed by atoms with Gasteiger partial charge in [0.2, 0.25) is 0 Å². The van der Waals surface area contributed by atoms with Crippen molar-refractivity contribution in [3.8, 4) is 0 Å². The van der Waals surface area contributed by atoms with E-state index < -0.39 is 23.3 Å². The first-order chi connectivity index (χ1) is 12.4. The first-order valence-corrected chi connectivity index (χ1v) is 8.07. The van der Waals surface area contributed by atoms with Crippen molar-refractivity contribution in [2.45, 2.75) is 32.1 Å². The fourth-order valence-electron chi connectivity index (χ4n) is 2.44. The first kappa shape index (κ1) is 19.8. The quantitative estimate of drug-likeness (QED) is 0.395. The van der Waals surface area contributed by atoms with Crippen LogP contribution in [0.2, 0.25) is 0 Å². The molecule has 1 heterocycles. The second-order valence-electron chi connectivity index (χ2n) is 6.07. The molecule has 0 radical (unpaired) electrons. The maximum Gasteiger partial charge on any atom is 0.421 e. The minimum atomic E-state index is -1.13. The van der Waals surface area contributed by atoms with Gasteiger partial charge in [-0.15, -0.1) is 0 Å². The third-order valence-corrected chi connectivity index (χ3v) is 3.94. The Labute approximate surface area is 149 Å². The van der Waals surface area contributed by atoms with Crippen LogP contribution in [0, 0.1) is 16.0 Å². The second-order valence-corrected chi connectivity index (χ2v) is 6.07. The smallest absolute Gasteiger partial charge is 0.421 e.